The summed E-state index contributed by atoms with van der Waals surface area (Å²) in [6, 6.07) is 0. The number of alkyl halides is 1. The van der Waals surface area contributed by atoms with Crippen LogP contribution >= 0.6 is 11.6 Å². The molecule has 0 spiro atoms. The number of aliphatic hydroxyl groups is 1. The summed E-state index contributed by atoms with van der Waals surface area (Å²) in [5.74, 6) is 0. The highest BCUT2D eigenvalue weighted by molar-refractivity contribution is 7.71. The van der Waals surface area contributed by atoms with Crippen LogP contribution in [0.2, 0.25) is 0 Å². The summed E-state index contributed by atoms with van der Waals surface area (Å²) in [5.41, 5.74) is -1.39. The van der Waals surface area contributed by atoms with E-state index in [1.54, 1.807) is 0 Å². The lowest BCUT2D eigenvalue weighted by Crippen LogP contribution is -1.95. The second-order valence-corrected chi connectivity index (χ2v) is 2.01. The maximum Gasteiger partial charge on any atom is 0.213 e. The average Bonchev–Trinajstić information content (AvgIpc) is 1.27. The normalized spacial score (nSPS) is 12.9. The SMILES string of the molecule is O=S(=O)=CC(O)Cl. The van der Waals surface area contributed by atoms with Gasteiger partial charge in [-0.05, 0) is 0 Å². The minimum Gasteiger partial charge on any atom is -0.373 e. The van der Waals surface area contributed by atoms with E-state index in [0.717, 1.165) is 0 Å². The smallest absolute Gasteiger partial charge is 0.213 e. The molecule has 0 aromatic carbocycles. The van der Waals surface area contributed by atoms with Gasteiger partial charge in [0, 0.05) is 0 Å². The van der Waals surface area contributed by atoms with Gasteiger partial charge in [0.1, 0.15) is 0 Å². The van der Waals surface area contributed by atoms with Gasteiger partial charge in [0.05, 0.1) is 5.37 Å². The van der Waals surface area contributed by atoms with Gasteiger partial charge in [-0.25, -0.2) is 0 Å². The summed E-state index contributed by atoms with van der Waals surface area (Å²) in [5, 5.41) is 8.61. The standard InChI is InChI=1S/C2H3ClO3S/c3-2(4)1-7(5)6/h1-2,4H. The summed E-state index contributed by atoms with van der Waals surface area (Å²) in [6.07, 6.45) is 0. The van der Waals surface area contributed by atoms with Crippen LogP contribution in [0.25, 0.3) is 0 Å². The van der Waals surface area contributed by atoms with Crippen molar-refractivity contribution in [3.63, 3.8) is 0 Å². The fraction of sp³-hybridized carbons (Fsp3) is 0.500. The molecule has 42 valence electrons. The van der Waals surface area contributed by atoms with E-state index >= 15 is 0 Å². The first-order chi connectivity index (χ1) is 3.13. The largest absolute Gasteiger partial charge is 0.373 e. The molecule has 0 aromatic rings. The molecule has 0 aliphatic rings. The Labute approximate surface area is 47.1 Å². The molecule has 0 radical (unpaired) electrons. The zero-order valence-electron chi connectivity index (χ0n) is 3.20. The van der Waals surface area contributed by atoms with Gasteiger partial charge in [-0.15, -0.1) is 0 Å². The highest BCUT2D eigenvalue weighted by Gasteiger charge is 1.86. The van der Waals surface area contributed by atoms with Crippen molar-refractivity contribution < 1.29 is 13.5 Å². The van der Waals surface area contributed by atoms with Crippen molar-refractivity contribution in [1.82, 2.24) is 0 Å². The van der Waals surface area contributed by atoms with E-state index in [1.807, 2.05) is 0 Å². The molecule has 1 unspecified atom stereocenters. The quantitative estimate of drug-likeness (QED) is 0.386. The zero-order chi connectivity index (χ0) is 5.86. The molecule has 0 saturated heterocycles. The first-order valence-corrected chi connectivity index (χ1v) is 2.95. The molecule has 7 heavy (non-hydrogen) atoms. The van der Waals surface area contributed by atoms with Gasteiger partial charge in [-0.1, -0.05) is 11.6 Å². The van der Waals surface area contributed by atoms with Crippen LogP contribution in [0.5, 0.6) is 0 Å². The first-order valence-electron chi connectivity index (χ1n) is 1.38. The Morgan fingerprint density at radius 2 is 2.14 bits per heavy atom. The molecule has 0 aromatic heterocycles. The van der Waals surface area contributed by atoms with Crippen molar-refractivity contribution in [2.24, 2.45) is 0 Å². The molecule has 5 heteroatoms. The third-order valence-electron chi connectivity index (χ3n) is 0.223. The number of halogens is 1. The second-order valence-electron chi connectivity index (χ2n) is 0.769. The van der Waals surface area contributed by atoms with Crippen LogP contribution in [0.15, 0.2) is 0 Å². The maximum atomic E-state index is 9.51. The van der Waals surface area contributed by atoms with Crippen LogP contribution in [0.4, 0.5) is 0 Å². The van der Waals surface area contributed by atoms with Crippen molar-refractivity contribution in [2.45, 2.75) is 5.56 Å². The Morgan fingerprint density at radius 3 is 2.14 bits per heavy atom. The molecular weight excluding hydrogens is 140 g/mol. The molecule has 0 heterocycles. The lowest BCUT2D eigenvalue weighted by Gasteiger charge is -1.79. The van der Waals surface area contributed by atoms with Crippen LogP contribution in [0, 0.1) is 0 Å². The Kier molecular flexibility index (Phi) is 2.98. The van der Waals surface area contributed by atoms with E-state index in [4.69, 9.17) is 16.7 Å². The van der Waals surface area contributed by atoms with Crippen molar-refractivity contribution in [3.8, 4) is 0 Å². The zero-order valence-corrected chi connectivity index (χ0v) is 4.78. The van der Waals surface area contributed by atoms with Gasteiger partial charge >= 0.3 is 0 Å². The number of aliphatic hydroxyl groups excluding tert-OH is 1. The van der Waals surface area contributed by atoms with E-state index in [2.05, 4.69) is 0 Å². The molecule has 0 saturated carbocycles. The average molecular weight is 143 g/mol. The minimum atomic E-state index is -2.35. The molecule has 0 aliphatic heterocycles. The summed E-state index contributed by atoms with van der Waals surface area (Å²) in [6.45, 7) is 0. The van der Waals surface area contributed by atoms with Crippen molar-refractivity contribution >= 4 is 27.3 Å². The van der Waals surface area contributed by atoms with Crippen LogP contribution in [-0.4, -0.2) is 24.5 Å². The Hall–Kier alpha value is -0.0600. The molecule has 3 nitrogen and oxygen atoms in total. The predicted octanol–water partition coefficient (Wildman–Crippen LogP) is -0.775. The van der Waals surface area contributed by atoms with Gasteiger partial charge < -0.3 is 5.11 Å². The number of hydrogen-bond donors (Lipinski definition) is 1. The van der Waals surface area contributed by atoms with Crippen molar-refractivity contribution in [2.75, 3.05) is 0 Å². The molecular formula is C2H3ClO3S. The summed E-state index contributed by atoms with van der Waals surface area (Å²) >= 11 is 4.78. The van der Waals surface area contributed by atoms with Crippen molar-refractivity contribution in [1.29, 1.82) is 0 Å². The van der Waals surface area contributed by atoms with Crippen LogP contribution in [-0.2, 0) is 10.3 Å². The molecule has 0 aliphatic carbocycles. The number of rotatable bonds is 1. The molecule has 0 rings (SSSR count). The molecule has 0 bridgehead atoms. The van der Waals surface area contributed by atoms with E-state index in [0.29, 0.717) is 5.37 Å². The lowest BCUT2D eigenvalue weighted by atomic mass is 10.9. The van der Waals surface area contributed by atoms with Gasteiger partial charge in [0.15, 0.2) is 5.56 Å². The van der Waals surface area contributed by atoms with Crippen LogP contribution < -0.4 is 0 Å². The molecule has 1 N–H and O–H groups in total. The lowest BCUT2D eigenvalue weighted by molar-refractivity contribution is 0.326. The van der Waals surface area contributed by atoms with Gasteiger partial charge in [0.2, 0.25) is 10.3 Å². The highest BCUT2D eigenvalue weighted by atomic mass is 35.5. The van der Waals surface area contributed by atoms with E-state index in [1.165, 1.54) is 0 Å². The highest BCUT2D eigenvalue weighted by Crippen LogP contribution is 1.79. The Balaban J connectivity index is 3.96. The third kappa shape index (κ3) is 5.94. The van der Waals surface area contributed by atoms with Gasteiger partial charge in [-0.3, -0.25) is 0 Å². The van der Waals surface area contributed by atoms with E-state index < -0.39 is 15.9 Å². The minimum absolute atomic E-state index is 0.571. The van der Waals surface area contributed by atoms with Gasteiger partial charge in [0.25, 0.3) is 0 Å². The topological polar surface area (TPSA) is 54.4 Å². The Morgan fingerprint density at radius 1 is 1.71 bits per heavy atom. The summed E-state index contributed by atoms with van der Waals surface area (Å²) in [4.78, 5) is 0. The number of hydrogen-bond acceptors (Lipinski definition) is 3. The Bertz CT molecular complexity index is 148. The monoisotopic (exact) mass is 142 g/mol. The van der Waals surface area contributed by atoms with E-state index in [9.17, 15) is 8.42 Å². The van der Waals surface area contributed by atoms with Crippen LogP contribution in [0.3, 0.4) is 0 Å². The maximum absolute atomic E-state index is 9.51. The molecule has 1 atom stereocenters. The fourth-order valence-corrected chi connectivity index (χ4v) is 0.527. The molecule has 0 amide bonds. The second kappa shape index (κ2) is 3.01. The summed E-state index contributed by atoms with van der Waals surface area (Å²) < 4.78 is 19.0. The van der Waals surface area contributed by atoms with Crippen LogP contribution in [0.1, 0.15) is 0 Å². The third-order valence-corrected chi connectivity index (χ3v) is 0.979. The van der Waals surface area contributed by atoms with Gasteiger partial charge in [-0.2, -0.15) is 8.42 Å². The van der Waals surface area contributed by atoms with Crippen molar-refractivity contribution in [3.05, 3.63) is 0 Å². The first kappa shape index (κ1) is 6.94. The molecule has 0 fully saturated rings. The fourth-order valence-electron chi connectivity index (χ4n) is 0.0917. The van der Waals surface area contributed by atoms with E-state index in [-0.39, 0.29) is 0 Å². The summed E-state index contributed by atoms with van der Waals surface area (Å²) in [7, 11) is -2.35. The predicted molar refractivity (Wildman–Crippen MR) is 26.8 cm³/mol.